The highest BCUT2D eigenvalue weighted by Gasteiger charge is 2.57. The van der Waals surface area contributed by atoms with E-state index in [1.54, 1.807) is 4.98 Å². The molecule has 3 aromatic rings. The Morgan fingerprint density at radius 1 is 1.25 bits per heavy atom. The Morgan fingerprint density at radius 3 is 2.45 bits per heavy atom. The van der Waals surface area contributed by atoms with E-state index >= 15 is 0 Å². The Labute approximate surface area is 235 Å². The molecule has 40 heavy (non-hydrogen) atoms. The number of ether oxygens (including phenoxy) is 1. The Morgan fingerprint density at radius 2 is 1.90 bits per heavy atom. The molecule has 12 nitrogen and oxygen atoms in total. The number of hydrogen-bond acceptors (Lipinski definition) is 8. The largest absolute Gasteiger partial charge is 0.755 e. The summed E-state index contributed by atoms with van der Waals surface area (Å²) in [4.78, 5) is 38.4. The van der Waals surface area contributed by atoms with Crippen molar-refractivity contribution in [1.29, 1.82) is 0 Å². The van der Waals surface area contributed by atoms with Gasteiger partial charge in [-0.15, -0.1) is 0 Å². The zero-order chi connectivity index (χ0) is 28.9. The van der Waals surface area contributed by atoms with Crippen LogP contribution in [0.15, 0.2) is 39.9 Å². The fourth-order valence-corrected chi connectivity index (χ4v) is 5.40. The van der Waals surface area contributed by atoms with Crippen molar-refractivity contribution in [2.24, 2.45) is 0 Å². The minimum absolute atomic E-state index is 0.00779. The van der Waals surface area contributed by atoms with Crippen molar-refractivity contribution in [3.63, 3.8) is 0 Å². The molecule has 17 heteroatoms. The van der Waals surface area contributed by atoms with Gasteiger partial charge in [0.1, 0.15) is 17.0 Å². The number of nitrogens with zero attached hydrogens (tertiary/aromatic N) is 3. The van der Waals surface area contributed by atoms with E-state index in [9.17, 15) is 37.0 Å². The summed E-state index contributed by atoms with van der Waals surface area (Å²) in [5, 5.41) is 16.3. The van der Waals surface area contributed by atoms with Gasteiger partial charge in [0.05, 0.1) is 21.4 Å². The number of amides is 1. The maximum atomic E-state index is 13.1. The van der Waals surface area contributed by atoms with Crippen molar-refractivity contribution in [2.75, 3.05) is 4.31 Å². The van der Waals surface area contributed by atoms with Crippen LogP contribution in [0.3, 0.4) is 0 Å². The molecule has 5 rings (SSSR count). The van der Waals surface area contributed by atoms with Gasteiger partial charge in [-0.25, -0.2) is 13.6 Å². The van der Waals surface area contributed by atoms with Gasteiger partial charge in [0, 0.05) is 23.4 Å². The number of alkyl halides is 2. The van der Waals surface area contributed by atoms with Crippen molar-refractivity contribution in [3.05, 3.63) is 66.9 Å². The van der Waals surface area contributed by atoms with Crippen LogP contribution in [0.25, 0.3) is 5.69 Å². The number of phenols is 1. The lowest BCUT2D eigenvalue weighted by Gasteiger charge is -2.34. The average molecular weight is 617 g/mol. The van der Waals surface area contributed by atoms with Crippen LogP contribution in [0.5, 0.6) is 17.2 Å². The topological polar surface area (TPSA) is 170 Å². The van der Waals surface area contributed by atoms with Gasteiger partial charge < -0.3 is 19.7 Å². The highest BCUT2D eigenvalue weighted by atomic mass is 35.5. The summed E-state index contributed by atoms with van der Waals surface area (Å²) in [5.74, 6) is -1.10. The number of carbonyl (C=O) groups excluding carboxylic acids is 1. The number of hydrogen-bond donors (Lipinski definition) is 3. The highest BCUT2D eigenvalue weighted by Crippen LogP contribution is 2.49. The number of benzene rings is 2. The van der Waals surface area contributed by atoms with E-state index in [1.807, 2.05) is 0 Å². The lowest BCUT2D eigenvalue weighted by molar-refractivity contribution is -0.123. The van der Waals surface area contributed by atoms with Crippen LogP contribution in [0, 0.1) is 0 Å². The Hall–Kier alpha value is -3.53. The molecule has 1 aromatic heterocycles. The van der Waals surface area contributed by atoms with Crippen molar-refractivity contribution in [2.45, 2.75) is 43.7 Å². The smallest absolute Gasteiger partial charge is 0.349 e. The normalized spacial score (nSPS) is 16.4. The molecule has 212 valence electrons. The third-order valence-corrected chi connectivity index (χ3v) is 7.68. The molecule has 1 heterocycles. The molecule has 3 N–H and O–H groups in total. The second-order valence-corrected chi connectivity index (χ2v) is 10.8. The molecule has 0 radical (unpaired) electrons. The van der Waals surface area contributed by atoms with Crippen molar-refractivity contribution < 1.29 is 32.2 Å². The maximum Gasteiger partial charge on any atom is 0.349 e. The number of rotatable bonds is 9. The van der Waals surface area contributed by atoms with Crippen molar-refractivity contribution >= 4 is 46.1 Å². The number of anilines is 1. The monoisotopic (exact) mass is 616 g/mol. The molecule has 2 aromatic carbocycles. The maximum absolute atomic E-state index is 13.1. The van der Waals surface area contributed by atoms with Gasteiger partial charge in [-0.1, -0.05) is 23.2 Å². The first-order chi connectivity index (χ1) is 18.9. The van der Waals surface area contributed by atoms with Crippen LogP contribution in [0.2, 0.25) is 10.0 Å². The van der Waals surface area contributed by atoms with Gasteiger partial charge in [0.25, 0.3) is 12.0 Å². The van der Waals surface area contributed by atoms with E-state index in [4.69, 9.17) is 27.9 Å². The number of aromatic hydroxyl groups is 1. The molecule has 1 unspecified atom stereocenters. The van der Waals surface area contributed by atoms with E-state index < -0.39 is 51.8 Å². The standard InChI is InChI=1S/C23H19Cl2F2N5O7S/c24-13-7-11(31-22(36)29-20(34)17(30-31)19(26)27)8-14(25)18(13)39-12-3-4-16(33)15(9-12)32(40(37)38)23(5-6-23)21(35)28-10-1-2-10/h3-4,7-10,19,33H,1-2,5-6H2,(H,28,35)(H,37,38)(H,29,34,36)/p-1. The van der Waals surface area contributed by atoms with Gasteiger partial charge in [-0.05, 0) is 49.9 Å². The van der Waals surface area contributed by atoms with Crippen molar-refractivity contribution in [1.82, 2.24) is 20.1 Å². The van der Waals surface area contributed by atoms with E-state index in [0.29, 0.717) is 4.68 Å². The summed E-state index contributed by atoms with van der Waals surface area (Å²) in [6.45, 7) is 0. The molecular formula is C23H18Cl2F2N5O7S-. The minimum atomic E-state index is -3.26. The SMILES string of the molecule is O=C(NC1CC1)C1(N(c2cc(Oc3c(Cl)cc(-n4nc(C(F)F)c(=O)[nH]c4=O)cc3Cl)ccc2O)S(=O)[O-])CC1. The first-order valence-corrected chi connectivity index (χ1v) is 13.4. The van der Waals surface area contributed by atoms with Crippen LogP contribution < -0.4 is 25.6 Å². The first kappa shape index (κ1) is 28.0. The van der Waals surface area contributed by atoms with Crippen LogP contribution in [-0.4, -0.2) is 46.1 Å². The lowest BCUT2D eigenvalue weighted by Crippen LogP contribution is -2.50. The summed E-state index contributed by atoms with van der Waals surface area (Å²) < 4.78 is 57.8. The molecule has 0 spiro atoms. The second kappa shape index (κ2) is 10.5. The first-order valence-electron chi connectivity index (χ1n) is 11.6. The summed E-state index contributed by atoms with van der Waals surface area (Å²) >= 11 is 9.65. The fraction of sp³-hybridized carbons (Fsp3) is 0.304. The van der Waals surface area contributed by atoms with E-state index in [-0.39, 0.29) is 51.8 Å². The zero-order valence-corrected chi connectivity index (χ0v) is 22.4. The molecule has 0 saturated heterocycles. The molecule has 2 fully saturated rings. The van der Waals surface area contributed by atoms with Gasteiger partial charge in [-0.3, -0.25) is 23.1 Å². The molecule has 0 aliphatic heterocycles. The second-order valence-electron chi connectivity index (χ2n) is 9.14. The molecule has 1 amide bonds. The predicted octanol–water partition coefficient (Wildman–Crippen LogP) is 3.07. The van der Waals surface area contributed by atoms with Gasteiger partial charge in [0.2, 0.25) is 5.91 Å². The fourth-order valence-electron chi connectivity index (χ4n) is 3.99. The van der Waals surface area contributed by atoms with Crippen LogP contribution in [0.1, 0.15) is 37.8 Å². The number of aromatic nitrogens is 3. The lowest BCUT2D eigenvalue weighted by atomic mass is 10.2. The van der Waals surface area contributed by atoms with Gasteiger partial charge in [-0.2, -0.15) is 9.78 Å². The van der Waals surface area contributed by atoms with E-state index in [1.165, 1.54) is 12.1 Å². The molecule has 2 aliphatic carbocycles. The van der Waals surface area contributed by atoms with Crippen molar-refractivity contribution in [3.8, 4) is 22.9 Å². The van der Waals surface area contributed by atoms with Gasteiger partial charge in [0.15, 0.2) is 11.4 Å². The Bertz CT molecular complexity index is 1640. The van der Waals surface area contributed by atoms with E-state index in [0.717, 1.165) is 35.3 Å². The van der Waals surface area contributed by atoms with Crippen LogP contribution >= 0.6 is 23.2 Å². The summed E-state index contributed by atoms with van der Waals surface area (Å²) in [6.07, 6.45) is -1.16. The Kier molecular flexibility index (Phi) is 7.33. The number of phenolic OH excluding ortho intramolecular Hbond substituents is 1. The number of H-pyrrole nitrogens is 1. The Balaban J connectivity index is 1.47. The average Bonchev–Trinajstić information content (AvgIpc) is 3.80. The number of halogens is 4. The van der Waals surface area contributed by atoms with Gasteiger partial charge >= 0.3 is 5.69 Å². The molecular weight excluding hydrogens is 599 g/mol. The van der Waals surface area contributed by atoms with E-state index in [2.05, 4.69) is 10.4 Å². The number of aromatic amines is 1. The predicted molar refractivity (Wildman–Crippen MR) is 138 cm³/mol. The third kappa shape index (κ3) is 5.29. The summed E-state index contributed by atoms with van der Waals surface area (Å²) in [6, 6.07) is 5.85. The van der Waals surface area contributed by atoms with Crippen LogP contribution in [-0.2, 0) is 16.1 Å². The summed E-state index contributed by atoms with van der Waals surface area (Å²) in [5.41, 5.74) is -5.44. The molecule has 1 atom stereocenters. The number of nitrogens with one attached hydrogen (secondary N) is 2. The third-order valence-electron chi connectivity index (χ3n) is 6.27. The molecule has 2 saturated carbocycles. The minimum Gasteiger partial charge on any atom is -0.755 e. The summed E-state index contributed by atoms with van der Waals surface area (Å²) in [7, 11) is 0. The number of carbonyl (C=O) groups is 1. The molecule has 0 bridgehead atoms. The highest BCUT2D eigenvalue weighted by molar-refractivity contribution is 7.80. The molecule has 2 aliphatic rings. The van der Waals surface area contributed by atoms with Crippen LogP contribution in [0.4, 0.5) is 14.5 Å². The quantitative estimate of drug-likeness (QED) is 0.308. The zero-order valence-electron chi connectivity index (χ0n) is 20.0.